The third-order valence-electron chi connectivity index (χ3n) is 5.97. The summed E-state index contributed by atoms with van der Waals surface area (Å²) < 4.78 is 0. The quantitative estimate of drug-likeness (QED) is 0.612. The largest absolute Gasteiger partial charge is 0.144 e. The first-order valence-electron chi connectivity index (χ1n) is 7.82. The Balaban J connectivity index is 1.63. The zero-order valence-electron chi connectivity index (χ0n) is 11.9. The van der Waals surface area contributed by atoms with Crippen molar-refractivity contribution in [2.45, 2.75) is 51.3 Å². The molecule has 0 N–H and O–H groups in total. The van der Waals surface area contributed by atoms with Crippen LogP contribution >= 0.6 is 22.9 Å². The molecular formula is C17H23ClS. The molecule has 1 heterocycles. The van der Waals surface area contributed by atoms with Crippen molar-refractivity contribution in [3.8, 4) is 0 Å². The Bertz CT molecular complexity index is 461. The summed E-state index contributed by atoms with van der Waals surface area (Å²) in [5.74, 6) is 4.73. The number of thiophene rings is 1. The predicted octanol–water partition coefficient (Wildman–Crippen LogP) is 5.72. The van der Waals surface area contributed by atoms with Gasteiger partial charge < -0.3 is 0 Å². The summed E-state index contributed by atoms with van der Waals surface area (Å²) in [6, 6.07) is 2.31. The summed E-state index contributed by atoms with van der Waals surface area (Å²) in [6.07, 6.45) is 7.44. The summed E-state index contributed by atoms with van der Waals surface area (Å²) in [5.41, 5.74) is 1.43. The molecule has 4 aliphatic rings. The third kappa shape index (κ3) is 2.00. The maximum atomic E-state index is 6.98. The van der Waals surface area contributed by atoms with E-state index >= 15 is 0 Å². The lowest BCUT2D eigenvalue weighted by Gasteiger charge is -2.55. The van der Waals surface area contributed by atoms with E-state index in [1.165, 1.54) is 47.4 Å². The highest BCUT2D eigenvalue weighted by Crippen LogP contribution is 2.61. The van der Waals surface area contributed by atoms with E-state index in [-0.39, 0.29) is 5.38 Å². The molecule has 0 spiro atoms. The van der Waals surface area contributed by atoms with Gasteiger partial charge in [-0.15, -0.1) is 22.9 Å². The minimum atomic E-state index is 0.286. The standard InChI is InChI=1S/C17H23ClS/c1-9-3-10(2)19-17(9)16(18)15-13-5-11-4-12(7-13)8-14(15)6-11/h3,11-16H,4-8H2,1-2H3. The average Bonchev–Trinajstić information content (AvgIpc) is 2.66. The van der Waals surface area contributed by atoms with Crippen molar-refractivity contribution in [2.24, 2.45) is 29.6 Å². The first-order chi connectivity index (χ1) is 9.11. The van der Waals surface area contributed by atoms with Gasteiger partial charge in [-0.05, 0) is 87.2 Å². The molecule has 0 nitrogen and oxygen atoms in total. The summed E-state index contributed by atoms with van der Waals surface area (Å²) >= 11 is 8.91. The van der Waals surface area contributed by atoms with Crippen molar-refractivity contribution in [2.75, 3.05) is 0 Å². The highest BCUT2D eigenvalue weighted by molar-refractivity contribution is 7.12. The number of aryl methyl sites for hydroxylation is 2. The lowest BCUT2D eigenvalue weighted by atomic mass is 9.51. The second kappa shape index (κ2) is 4.49. The molecule has 0 radical (unpaired) electrons. The van der Waals surface area contributed by atoms with Gasteiger partial charge in [0.15, 0.2) is 0 Å². The van der Waals surface area contributed by atoms with Crippen LogP contribution in [0.5, 0.6) is 0 Å². The Morgan fingerprint density at radius 2 is 1.63 bits per heavy atom. The predicted molar refractivity (Wildman–Crippen MR) is 82.9 cm³/mol. The van der Waals surface area contributed by atoms with Gasteiger partial charge in [-0.1, -0.05) is 0 Å². The van der Waals surface area contributed by atoms with Crippen LogP contribution in [0.25, 0.3) is 0 Å². The summed E-state index contributed by atoms with van der Waals surface area (Å²) in [5, 5.41) is 0.286. The van der Waals surface area contributed by atoms with Gasteiger partial charge in [0.05, 0.1) is 5.38 Å². The Kier molecular flexibility index (Phi) is 3.01. The van der Waals surface area contributed by atoms with E-state index in [0.717, 1.165) is 29.6 Å². The molecule has 4 aliphatic carbocycles. The van der Waals surface area contributed by atoms with Gasteiger partial charge in [-0.2, -0.15) is 0 Å². The van der Waals surface area contributed by atoms with E-state index in [9.17, 15) is 0 Å². The Hall–Kier alpha value is -0.0100. The molecule has 1 atom stereocenters. The maximum Gasteiger partial charge on any atom is 0.0714 e. The molecule has 0 aromatic carbocycles. The third-order valence-corrected chi connectivity index (χ3v) is 7.84. The van der Waals surface area contributed by atoms with Crippen molar-refractivity contribution >= 4 is 22.9 Å². The Morgan fingerprint density at radius 3 is 2.11 bits per heavy atom. The van der Waals surface area contributed by atoms with Gasteiger partial charge in [0, 0.05) is 9.75 Å². The lowest BCUT2D eigenvalue weighted by molar-refractivity contribution is -0.0378. The normalized spacial score (nSPS) is 41.7. The number of hydrogen-bond acceptors (Lipinski definition) is 1. The molecule has 0 aliphatic heterocycles. The fraction of sp³-hybridized carbons (Fsp3) is 0.765. The second-order valence-corrected chi connectivity index (χ2v) is 9.07. The molecule has 4 saturated carbocycles. The highest BCUT2D eigenvalue weighted by Gasteiger charge is 2.50. The minimum absolute atomic E-state index is 0.286. The summed E-state index contributed by atoms with van der Waals surface area (Å²) in [4.78, 5) is 2.89. The molecule has 1 unspecified atom stereocenters. The average molecular weight is 295 g/mol. The lowest BCUT2D eigenvalue weighted by Crippen LogP contribution is -2.46. The molecule has 0 amide bonds. The van der Waals surface area contributed by atoms with E-state index in [1.807, 2.05) is 11.3 Å². The number of alkyl halides is 1. The van der Waals surface area contributed by atoms with Crippen molar-refractivity contribution in [3.63, 3.8) is 0 Å². The molecule has 1 aromatic heterocycles. The summed E-state index contributed by atoms with van der Waals surface area (Å²) in [7, 11) is 0. The van der Waals surface area contributed by atoms with Gasteiger partial charge in [0.1, 0.15) is 0 Å². The van der Waals surface area contributed by atoms with E-state index in [2.05, 4.69) is 19.9 Å². The fourth-order valence-electron chi connectivity index (χ4n) is 5.55. The van der Waals surface area contributed by atoms with Crippen LogP contribution in [-0.4, -0.2) is 0 Å². The zero-order valence-corrected chi connectivity index (χ0v) is 13.4. The molecule has 19 heavy (non-hydrogen) atoms. The van der Waals surface area contributed by atoms with Crippen molar-refractivity contribution in [1.29, 1.82) is 0 Å². The number of hydrogen-bond donors (Lipinski definition) is 0. The highest BCUT2D eigenvalue weighted by atomic mass is 35.5. The molecule has 1 aromatic rings. The van der Waals surface area contributed by atoms with Crippen molar-refractivity contribution in [1.82, 2.24) is 0 Å². The smallest absolute Gasteiger partial charge is 0.0714 e. The number of halogens is 1. The molecule has 0 saturated heterocycles. The van der Waals surface area contributed by atoms with Crippen LogP contribution in [0.2, 0.25) is 0 Å². The first kappa shape index (κ1) is 12.7. The van der Waals surface area contributed by atoms with E-state index in [4.69, 9.17) is 11.6 Å². The van der Waals surface area contributed by atoms with Gasteiger partial charge in [-0.3, -0.25) is 0 Å². The van der Waals surface area contributed by atoms with Gasteiger partial charge >= 0.3 is 0 Å². The van der Waals surface area contributed by atoms with Crippen molar-refractivity contribution < 1.29 is 0 Å². The van der Waals surface area contributed by atoms with Gasteiger partial charge in [0.2, 0.25) is 0 Å². The van der Waals surface area contributed by atoms with Crippen LogP contribution in [-0.2, 0) is 0 Å². The second-order valence-electron chi connectivity index (χ2n) is 7.31. The SMILES string of the molecule is Cc1cc(C)c(C(Cl)C2C3CC4CC(C3)CC2C4)s1. The fourth-order valence-corrected chi connectivity index (χ4v) is 7.34. The van der Waals surface area contributed by atoms with Crippen LogP contribution in [0, 0.1) is 43.4 Å². The number of rotatable bonds is 2. The molecule has 4 fully saturated rings. The van der Waals surface area contributed by atoms with Crippen molar-refractivity contribution in [3.05, 3.63) is 21.4 Å². The zero-order chi connectivity index (χ0) is 13.1. The maximum absolute atomic E-state index is 6.98. The molecule has 104 valence electrons. The molecule has 2 heteroatoms. The van der Waals surface area contributed by atoms with E-state index in [1.54, 1.807) is 0 Å². The Labute approximate surface area is 125 Å². The van der Waals surface area contributed by atoms with Gasteiger partial charge in [0.25, 0.3) is 0 Å². The van der Waals surface area contributed by atoms with Crippen LogP contribution in [0.15, 0.2) is 6.07 Å². The first-order valence-corrected chi connectivity index (χ1v) is 9.08. The topological polar surface area (TPSA) is 0 Å². The molecular weight excluding hydrogens is 272 g/mol. The minimum Gasteiger partial charge on any atom is -0.144 e. The van der Waals surface area contributed by atoms with Crippen LogP contribution in [0.3, 0.4) is 0 Å². The summed E-state index contributed by atoms with van der Waals surface area (Å²) in [6.45, 7) is 4.45. The Morgan fingerprint density at radius 1 is 1.05 bits per heavy atom. The monoisotopic (exact) mass is 294 g/mol. The van der Waals surface area contributed by atoms with E-state index in [0.29, 0.717) is 0 Å². The van der Waals surface area contributed by atoms with Gasteiger partial charge in [-0.25, -0.2) is 0 Å². The molecule has 5 rings (SSSR count). The van der Waals surface area contributed by atoms with E-state index < -0.39 is 0 Å². The van der Waals surface area contributed by atoms with Crippen LogP contribution in [0.4, 0.5) is 0 Å². The van der Waals surface area contributed by atoms with Crippen LogP contribution < -0.4 is 0 Å². The van der Waals surface area contributed by atoms with Crippen LogP contribution in [0.1, 0.15) is 52.8 Å². The molecule has 4 bridgehead atoms.